The summed E-state index contributed by atoms with van der Waals surface area (Å²) >= 11 is 0. The van der Waals surface area contributed by atoms with Gasteiger partial charge in [0.25, 0.3) is 5.91 Å². The first kappa shape index (κ1) is 18.5. The molecular formula is C21H23N3O4. The van der Waals surface area contributed by atoms with Gasteiger partial charge >= 0.3 is 0 Å². The number of fused-ring (bicyclic) bond motifs is 1. The number of para-hydroxylation sites is 1. The molecule has 0 unspecified atom stereocenters. The largest absolute Gasteiger partial charge is 0.486 e. The zero-order valence-corrected chi connectivity index (χ0v) is 15.6. The molecule has 1 fully saturated rings. The zero-order chi connectivity index (χ0) is 19.2. The molecule has 1 N–H and O–H groups in total. The van der Waals surface area contributed by atoms with Gasteiger partial charge in [0.05, 0.1) is 19.4 Å². The highest BCUT2D eigenvalue weighted by Gasteiger charge is 2.14. The van der Waals surface area contributed by atoms with E-state index < -0.39 is 0 Å². The molecule has 0 bridgehead atoms. The Morgan fingerprint density at radius 3 is 2.64 bits per heavy atom. The second-order valence-corrected chi connectivity index (χ2v) is 6.66. The van der Waals surface area contributed by atoms with E-state index in [4.69, 9.17) is 14.2 Å². The van der Waals surface area contributed by atoms with Crippen molar-refractivity contribution in [3.63, 3.8) is 0 Å². The predicted octanol–water partition coefficient (Wildman–Crippen LogP) is 2.05. The summed E-state index contributed by atoms with van der Waals surface area (Å²) in [6.07, 6.45) is 1.57. The van der Waals surface area contributed by atoms with Gasteiger partial charge in [-0.3, -0.25) is 9.69 Å². The number of hydrogen-bond acceptors (Lipinski definition) is 6. The van der Waals surface area contributed by atoms with Crippen molar-refractivity contribution in [3.05, 3.63) is 59.2 Å². The number of amides is 1. The maximum atomic E-state index is 12.3. The molecule has 0 aliphatic carbocycles. The molecule has 0 spiro atoms. The van der Waals surface area contributed by atoms with Crippen molar-refractivity contribution in [2.24, 2.45) is 5.10 Å². The Bertz CT molecular complexity index is 845. The van der Waals surface area contributed by atoms with Crippen LogP contribution in [-0.2, 0) is 11.3 Å². The molecule has 2 aromatic carbocycles. The number of rotatable bonds is 5. The van der Waals surface area contributed by atoms with Gasteiger partial charge in [-0.25, -0.2) is 5.43 Å². The number of ether oxygens (including phenoxy) is 3. The van der Waals surface area contributed by atoms with Gasteiger partial charge in [0, 0.05) is 30.8 Å². The molecule has 1 amide bonds. The summed E-state index contributed by atoms with van der Waals surface area (Å²) in [7, 11) is 0. The third-order valence-electron chi connectivity index (χ3n) is 4.69. The van der Waals surface area contributed by atoms with Gasteiger partial charge in [-0.05, 0) is 29.8 Å². The van der Waals surface area contributed by atoms with Crippen LogP contribution in [-0.4, -0.2) is 56.5 Å². The molecule has 7 heteroatoms. The summed E-state index contributed by atoms with van der Waals surface area (Å²) in [5, 5.41) is 4.06. The molecule has 2 aromatic rings. The van der Waals surface area contributed by atoms with Crippen LogP contribution in [0.5, 0.6) is 11.5 Å². The third kappa shape index (κ3) is 4.49. The molecule has 7 nitrogen and oxygen atoms in total. The summed E-state index contributed by atoms with van der Waals surface area (Å²) in [5.41, 5.74) is 5.07. The minimum Gasteiger partial charge on any atom is -0.486 e. The highest BCUT2D eigenvalue weighted by Crippen LogP contribution is 2.32. The highest BCUT2D eigenvalue weighted by molar-refractivity contribution is 5.95. The maximum absolute atomic E-state index is 12.3. The Morgan fingerprint density at radius 1 is 1.04 bits per heavy atom. The van der Waals surface area contributed by atoms with Crippen LogP contribution in [0.4, 0.5) is 0 Å². The van der Waals surface area contributed by atoms with Crippen LogP contribution in [0.25, 0.3) is 0 Å². The van der Waals surface area contributed by atoms with E-state index in [1.807, 2.05) is 42.5 Å². The van der Waals surface area contributed by atoms with Gasteiger partial charge < -0.3 is 14.2 Å². The van der Waals surface area contributed by atoms with Gasteiger partial charge in [-0.15, -0.1) is 0 Å². The molecule has 4 rings (SSSR count). The van der Waals surface area contributed by atoms with E-state index in [9.17, 15) is 4.79 Å². The number of hydrazone groups is 1. The van der Waals surface area contributed by atoms with Crippen LogP contribution < -0.4 is 14.9 Å². The van der Waals surface area contributed by atoms with Crippen LogP contribution in [0.2, 0.25) is 0 Å². The molecule has 2 aliphatic rings. The lowest BCUT2D eigenvalue weighted by atomic mass is 10.1. The Balaban J connectivity index is 1.34. The summed E-state index contributed by atoms with van der Waals surface area (Å²) in [4.78, 5) is 14.7. The van der Waals surface area contributed by atoms with Crippen molar-refractivity contribution in [1.29, 1.82) is 0 Å². The van der Waals surface area contributed by atoms with Crippen molar-refractivity contribution in [2.75, 3.05) is 39.5 Å². The monoisotopic (exact) mass is 381 g/mol. The lowest BCUT2D eigenvalue weighted by Crippen LogP contribution is -2.35. The van der Waals surface area contributed by atoms with E-state index in [0.29, 0.717) is 30.3 Å². The Labute approximate surface area is 163 Å². The van der Waals surface area contributed by atoms with Crippen LogP contribution in [0, 0.1) is 0 Å². The molecule has 146 valence electrons. The molecule has 0 saturated carbocycles. The first-order valence-corrected chi connectivity index (χ1v) is 9.41. The summed E-state index contributed by atoms with van der Waals surface area (Å²) in [6.45, 7) is 5.34. The Hall–Kier alpha value is -2.90. The van der Waals surface area contributed by atoms with Gasteiger partial charge in [0.15, 0.2) is 11.5 Å². The van der Waals surface area contributed by atoms with E-state index in [-0.39, 0.29) is 5.91 Å². The number of nitrogens with zero attached hydrogens (tertiary/aromatic N) is 2. The molecule has 0 atom stereocenters. The molecule has 2 aliphatic heterocycles. The second kappa shape index (κ2) is 8.86. The minimum absolute atomic E-state index is 0.254. The van der Waals surface area contributed by atoms with Gasteiger partial charge in [-0.1, -0.05) is 18.2 Å². The number of nitrogens with one attached hydrogen (secondary N) is 1. The quantitative estimate of drug-likeness (QED) is 0.634. The summed E-state index contributed by atoms with van der Waals surface area (Å²) < 4.78 is 16.5. The number of carbonyl (C=O) groups is 1. The van der Waals surface area contributed by atoms with Crippen molar-refractivity contribution < 1.29 is 19.0 Å². The average Bonchev–Trinajstić information content (AvgIpc) is 2.75. The topological polar surface area (TPSA) is 72.4 Å². The third-order valence-corrected chi connectivity index (χ3v) is 4.69. The van der Waals surface area contributed by atoms with E-state index in [1.54, 1.807) is 6.21 Å². The summed E-state index contributed by atoms with van der Waals surface area (Å²) in [5.74, 6) is 1.09. The van der Waals surface area contributed by atoms with E-state index in [2.05, 4.69) is 15.4 Å². The number of carbonyl (C=O) groups excluding carboxylic acids is 1. The zero-order valence-electron chi connectivity index (χ0n) is 15.6. The van der Waals surface area contributed by atoms with Crippen LogP contribution in [0.3, 0.4) is 0 Å². The van der Waals surface area contributed by atoms with Gasteiger partial charge in [0.1, 0.15) is 13.2 Å². The lowest BCUT2D eigenvalue weighted by molar-refractivity contribution is 0.0342. The molecule has 2 heterocycles. The number of morpholine rings is 1. The fraction of sp³-hybridized carbons (Fsp3) is 0.333. The van der Waals surface area contributed by atoms with E-state index in [0.717, 1.165) is 38.4 Å². The molecule has 1 saturated heterocycles. The molecule has 28 heavy (non-hydrogen) atoms. The standard InChI is InChI=1S/C21H23N3O4/c25-21(17-6-4-16(5-7-17)15-24-8-10-26-11-9-24)23-22-14-18-2-1-3-19-20(18)28-13-12-27-19/h1-7,14H,8-13,15H2,(H,23,25)/b22-14-. The minimum atomic E-state index is -0.254. The van der Waals surface area contributed by atoms with Crippen molar-refractivity contribution >= 4 is 12.1 Å². The van der Waals surface area contributed by atoms with Gasteiger partial charge in [0.2, 0.25) is 0 Å². The highest BCUT2D eigenvalue weighted by atomic mass is 16.6. The first-order valence-electron chi connectivity index (χ1n) is 9.41. The van der Waals surface area contributed by atoms with E-state index in [1.165, 1.54) is 5.56 Å². The second-order valence-electron chi connectivity index (χ2n) is 6.66. The predicted molar refractivity (Wildman–Crippen MR) is 105 cm³/mol. The summed E-state index contributed by atoms with van der Waals surface area (Å²) in [6, 6.07) is 13.2. The normalized spacial score (nSPS) is 16.9. The van der Waals surface area contributed by atoms with Crippen LogP contribution >= 0.6 is 0 Å². The fourth-order valence-electron chi connectivity index (χ4n) is 3.20. The number of hydrogen-bond donors (Lipinski definition) is 1. The van der Waals surface area contributed by atoms with Crippen molar-refractivity contribution in [1.82, 2.24) is 10.3 Å². The van der Waals surface area contributed by atoms with E-state index >= 15 is 0 Å². The maximum Gasteiger partial charge on any atom is 0.271 e. The van der Waals surface area contributed by atoms with Crippen molar-refractivity contribution in [2.45, 2.75) is 6.54 Å². The van der Waals surface area contributed by atoms with Gasteiger partial charge in [-0.2, -0.15) is 5.10 Å². The SMILES string of the molecule is O=C(N/N=C\c1cccc2c1OCCO2)c1ccc(CN2CCOCC2)cc1. The smallest absolute Gasteiger partial charge is 0.271 e. The van der Waals surface area contributed by atoms with Crippen molar-refractivity contribution in [3.8, 4) is 11.5 Å². The first-order chi connectivity index (χ1) is 13.8. The van der Waals surface area contributed by atoms with Crippen LogP contribution in [0.15, 0.2) is 47.6 Å². The average molecular weight is 381 g/mol. The number of benzene rings is 2. The fourth-order valence-corrected chi connectivity index (χ4v) is 3.20. The Kier molecular flexibility index (Phi) is 5.84. The van der Waals surface area contributed by atoms with Crippen LogP contribution in [0.1, 0.15) is 21.5 Å². The molecule has 0 aromatic heterocycles. The lowest BCUT2D eigenvalue weighted by Gasteiger charge is -2.26. The molecule has 0 radical (unpaired) electrons. The molecular weight excluding hydrogens is 358 g/mol. The Morgan fingerprint density at radius 2 is 1.82 bits per heavy atom.